The van der Waals surface area contributed by atoms with Gasteiger partial charge in [-0.2, -0.15) is 0 Å². The lowest BCUT2D eigenvalue weighted by atomic mass is 10.1. The topological polar surface area (TPSA) is 80.4 Å². The molecule has 4 aromatic rings. The lowest BCUT2D eigenvalue weighted by molar-refractivity contribution is 0.106. The number of nitrogens with zero attached hydrogens (tertiary/aromatic N) is 2. The van der Waals surface area contributed by atoms with E-state index < -0.39 is 6.10 Å². The predicted octanol–water partition coefficient (Wildman–Crippen LogP) is 3.46. The summed E-state index contributed by atoms with van der Waals surface area (Å²) in [6.45, 7) is 1.50. The van der Waals surface area contributed by atoms with E-state index >= 15 is 0 Å². The SMILES string of the molecule is O[C@H](CNCCc1ccccc1)COc1cccc(-c2noc3ncccc23)c1. The first-order valence-corrected chi connectivity index (χ1v) is 9.66. The van der Waals surface area contributed by atoms with Gasteiger partial charge in [0.25, 0.3) is 5.71 Å². The minimum absolute atomic E-state index is 0.211. The Bertz CT molecular complexity index is 1050. The Labute approximate surface area is 169 Å². The summed E-state index contributed by atoms with van der Waals surface area (Å²) in [7, 11) is 0. The Morgan fingerprint density at radius 2 is 1.93 bits per heavy atom. The van der Waals surface area contributed by atoms with Crippen LogP contribution in [0.3, 0.4) is 0 Å². The maximum absolute atomic E-state index is 10.2. The molecule has 0 unspecified atom stereocenters. The molecular formula is C23H23N3O3. The Kier molecular flexibility index (Phi) is 6.14. The van der Waals surface area contributed by atoms with Gasteiger partial charge in [0, 0.05) is 18.3 Å². The fraction of sp³-hybridized carbons (Fsp3) is 0.217. The van der Waals surface area contributed by atoms with Crippen molar-refractivity contribution >= 4 is 11.1 Å². The van der Waals surface area contributed by atoms with Crippen molar-refractivity contribution < 1.29 is 14.4 Å². The van der Waals surface area contributed by atoms with Gasteiger partial charge < -0.3 is 19.7 Å². The van der Waals surface area contributed by atoms with E-state index in [-0.39, 0.29) is 6.61 Å². The highest BCUT2D eigenvalue weighted by atomic mass is 16.5. The second kappa shape index (κ2) is 9.32. The first-order chi connectivity index (χ1) is 14.3. The van der Waals surface area contributed by atoms with Crippen molar-refractivity contribution in [2.24, 2.45) is 0 Å². The molecule has 1 atom stereocenters. The van der Waals surface area contributed by atoms with Gasteiger partial charge in [0.05, 0.1) is 5.39 Å². The van der Waals surface area contributed by atoms with Crippen molar-refractivity contribution in [2.75, 3.05) is 19.7 Å². The zero-order chi connectivity index (χ0) is 19.9. The molecule has 29 heavy (non-hydrogen) atoms. The summed E-state index contributed by atoms with van der Waals surface area (Å²) < 4.78 is 11.0. The highest BCUT2D eigenvalue weighted by Crippen LogP contribution is 2.28. The molecule has 6 nitrogen and oxygen atoms in total. The number of nitrogens with one attached hydrogen (secondary N) is 1. The van der Waals surface area contributed by atoms with Gasteiger partial charge in [0.2, 0.25) is 0 Å². The van der Waals surface area contributed by atoms with Crippen LogP contribution >= 0.6 is 0 Å². The number of aliphatic hydroxyl groups is 1. The summed E-state index contributed by atoms with van der Waals surface area (Å²) in [6.07, 6.45) is 2.01. The maximum atomic E-state index is 10.2. The number of aliphatic hydroxyl groups excluding tert-OH is 1. The van der Waals surface area contributed by atoms with Gasteiger partial charge in [-0.25, -0.2) is 4.98 Å². The van der Waals surface area contributed by atoms with Crippen molar-refractivity contribution in [3.8, 4) is 17.0 Å². The maximum Gasteiger partial charge on any atom is 0.258 e. The molecule has 2 aromatic carbocycles. The van der Waals surface area contributed by atoms with Gasteiger partial charge in [-0.05, 0) is 42.8 Å². The molecule has 148 valence electrons. The second-order valence-electron chi connectivity index (χ2n) is 6.82. The molecule has 0 aliphatic carbocycles. The minimum Gasteiger partial charge on any atom is -0.491 e. The second-order valence-corrected chi connectivity index (χ2v) is 6.82. The molecule has 0 saturated carbocycles. The fourth-order valence-electron chi connectivity index (χ4n) is 3.12. The predicted molar refractivity (Wildman–Crippen MR) is 112 cm³/mol. The van der Waals surface area contributed by atoms with Crippen molar-refractivity contribution in [1.29, 1.82) is 0 Å². The van der Waals surface area contributed by atoms with Crippen LogP contribution in [-0.4, -0.2) is 41.0 Å². The van der Waals surface area contributed by atoms with Gasteiger partial charge in [-0.1, -0.05) is 47.6 Å². The van der Waals surface area contributed by atoms with Crippen molar-refractivity contribution in [2.45, 2.75) is 12.5 Å². The standard InChI is InChI=1S/C23H23N3O3/c27-19(15-24-13-11-17-6-2-1-3-7-17)16-28-20-9-4-8-18(14-20)22-21-10-5-12-25-23(21)29-26-22/h1-10,12,14,19,24,27H,11,13,15-16H2/t19-/m1/s1. The molecule has 0 bridgehead atoms. The Balaban J connectivity index is 1.28. The van der Waals surface area contributed by atoms with Crippen LogP contribution in [0.5, 0.6) is 5.75 Å². The van der Waals surface area contributed by atoms with Gasteiger partial charge in [0.15, 0.2) is 0 Å². The first kappa shape index (κ1) is 19.1. The number of ether oxygens (including phenoxy) is 1. The molecule has 0 amide bonds. The Hall–Kier alpha value is -3.22. The van der Waals surface area contributed by atoms with Gasteiger partial charge in [0.1, 0.15) is 24.2 Å². The van der Waals surface area contributed by atoms with E-state index in [9.17, 15) is 5.11 Å². The summed E-state index contributed by atoms with van der Waals surface area (Å²) in [4.78, 5) is 4.16. The smallest absolute Gasteiger partial charge is 0.258 e. The molecule has 2 heterocycles. The van der Waals surface area contributed by atoms with E-state index in [0.29, 0.717) is 18.0 Å². The van der Waals surface area contributed by atoms with Crippen LogP contribution in [0.25, 0.3) is 22.4 Å². The van der Waals surface area contributed by atoms with Gasteiger partial charge in [-0.3, -0.25) is 0 Å². The zero-order valence-corrected chi connectivity index (χ0v) is 16.0. The molecule has 0 radical (unpaired) electrons. The summed E-state index contributed by atoms with van der Waals surface area (Å²) in [5, 5.41) is 18.4. The van der Waals surface area contributed by atoms with Crippen LogP contribution in [0.1, 0.15) is 5.56 Å². The van der Waals surface area contributed by atoms with E-state index in [2.05, 4.69) is 27.6 Å². The third-order valence-electron chi connectivity index (χ3n) is 4.61. The molecule has 2 aromatic heterocycles. The van der Waals surface area contributed by atoms with E-state index in [4.69, 9.17) is 9.26 Å². The van der Waals surface area contributed by atoms with Gasteiger partial charge in [-0.15, -0.1) is 0 Å². The monoisotopic (exact) mass is 389 g/mol. The number of aromatic nitrogens is 2. The van der Waals surface area contributed by atoms with Crippen molar-refractivity contribution in [3.63, 3.8) is 0 Å². The van der Waals surface area contributed by atoms with E-state index in [1.165, 1.54) is 5.56 Å². The highest BCUT2D eigenvalue weighted by Gasteiger charge is 2.12. The quantitative estimate of drug-likeness (QED) is 0.427. The zero-order valence-electron chi connectivity index (χ0n) is 16.0. The number of fused-ring (bicyclic) bond motifs is 1. The lowest BCUT2D eigenvalue weighted by Crippen LogP contribution is -2.32. The van der Waals surface area contributed by atoms with Crippen LogP contribution < -0.4 is 10.1 Å². The molecule has 0 spiro atoms. The first-order valence-electron chi connectivity index (χ1n) is 9.66. The van der Waals surface area contributed by atoms with Crippen LogP contribution in [0.4, 0.5) is 0 Å². The summed E-state index contributed by atoms with van der Waals surface area (Å²) >= 11 is 0. The van der Waals surface area contributed by atoms with Crippen molar-refractivity contribution in [3.05, 3.63) is 78.5 Å². The third-order valence-corrected chi connectivity index (χ3v) is 4.61. The number of hydrogen-bond donors (Lipinski definition) is 2. The van der Waals surface area contributed by atoms with Crippen LogP contribution in [0.15, 0.2) is 77.4 Å². The molecule has 0 aliphatic rings. The summed E-state index contributed by atoms with van der Waals surface area (Å²) in [5.74, 6) is 0.672. The van der Waals surface area contributed by atoms with E-state index in [1.807, 2.05) is 54.6 Å². The van der Waals surface area contributed by atoms with Crippen LogP contribution in [-0.2, 0) is 6.42 Å². The molecule has 0 fully saturated rings. The highest BCUT2D eigenvalue weighted by molar-refractivity contribution is 5.89. The molecule has 6 heteroatoms. The molecular weight excluding hydrogens is 366 g/mol. The average Bonchev–Trinajstić information content (AvgIpc) is 3.20. The number of rotatable bonds is 9. The number of hydrogen-bond acceptors (Lipinski definition) is 6. The molecule has 2 N–H and O–H groups in total. The molecule has 0 aliphatic heterocycles. The molecule has 4 rings (SSSR count). The van der Waals surface area contributed by atoms with E-state index in [0.717, 1.165) is 29.6 Å². The summed E-state index contributed by atoms with van der Waals surface area (Å²) in [6, 6.07) is 21.6. The van der Waals surface area contributed by atoms with Crippen LogP contribution in [0, 0.1) is 0 Å². The molecule has 0 saturated heterocycles. The minimum atomic E-state index is -0.591. The lowest BCUT2D eigenvalue weighted by Gasteiger charge is -2.14. The van der Waals surface area contributed by atoms with Crippen LogP contribution in [0.2, 0.25) is 0 Å². The van der Waals surface area contributed by atoms with Gasteiger partial charge >= 0.3 is 0 Å². The van der Waals surface area contributed by atoms with Crippen molar-refractivity contribution in [1.82, 2.24) is 15.5 Å². The largest absolute Gasteiger partial charge is 0.491 e. The Morgan fingerprint density at radius 1 is 1.03 bits per heavy atom. The Morgan fingerprint density at radius 3 is 2.83 bits per heavy atom. The normalized spacial score (nSPS) is 12.2. The number of pyridine rings is 1. The third kappa shape index (κ3) is 4.99. The summed E-state index contributed by atoms with van der Waals surface area (Å²) in [5.41, 5.74) is 3.38. The average molecular weight is 389 g/mol. The fourth-order valence-corrected chi connectivity index (χ4v) is 3.12. The number of benzene rings is 2. The van der Waals surface area contributed by atoms with E-state index in [1.54, 1.807) is 6.20 Å².